The number of unbranched alkanes of at least 4 members (excludes halogenated alkanes) is 1. The molecule has 0 bridgehead atoms. The largest absolute Gasteiger partial charge is 0.389 e. The van der Waals surface area contributed by atoms with Gasteiger partial charge in [-0.1, -0.05) is 13.3 Å². The normalized spacial score (nSPS) is 21.3. The molecule has 4 N–H and O–H groups in total. The van der Waals surface area contributed by atoms with Crippen LogP contribution in [-0.2, 0) is 25.5 Å². The van der Waals surface area contributed by atoms with E-state index in [2.05, 4.69) is 22.9 Å². The number of aliphatic hydroxyl groups excluding tert-OH is 1. The van der Waals surface area contributed by atoms with Crippen LogP contribution in [0.15, 0.2) is 18.2 Å². The van der Waals surface area contributed by atoms with E-state index in [9.17, 15) is 28.3 Å². The number of carbonyl (C=O) groups is 3. The van der Waals surface area contributed by atoms with E-state index in [4.69, 9.17) is 4.74 Å². The van der Waals surface area contributed by atoms with Crippen molar-refractivity contribution >= 4 is 17.7 Å². The first-order valence-corrected chi connectivity index (χ1v) is 13.0. The number of nitrogens with one attached hydrogen (secondary N) is 3. The number of nitrogens with zero attached hydrogens (tertiary/aromatic N) is 1. The molecule has 2 fully saturated rings. The minimum Gasteiger partial charge on any atom is -0.389 e. The summed E-state index contributed by atoms with van der Waals surface area (Å²) in [4.78, 5) is 37.7. The highest BCUT2D eigenvalue weighted by atomic mass is 19.1. The summed E-state index contributed by atoms with van der Waals surface area (Å²) in [5.74, 6) is -2.62. The Hall–Kier alpha value is -2.63. The predicted molar refractivity (Wildman–Crippen MR) is 132 cm³/mol. The van der Waals surface area contributed by atoms with Gasteiger partial charge in [-0.05, 0) is 37.0 Å². The third-order valence-corrected chi connectivity index (χ3v) is 6.82. The van der Waals surface area contributed by atoms with Gasteiger partial charge in [-0.3, -0.25) is 14.4 Å². The van der Waals surface area contributed by atoms with E-state index in [-0.39, 0.29) is 62.3 Å². The molecular formula is C26H38F2N4O5. The maximum atomic E-state index is 13.8. The molecule has 2 heterocycles. The van der Waals surface area contributed by atoms with Crippen molar-refractivity contribution in [1.82, 2.24) is 20.9 Å². The van der Waals surface area contributed by atoms with Crippen LogP contribution in [0.25, 0.3) is 0 Å². The molecule has 2 aliphatic rings. The van der Waals surface area contributed by atoms with Crippen molar-refractivity contribution in [3.8, 4) is 0 Å². The Bertz CT molecular complexity index is 923. The molecule has 0 unspecified atom stereocenters. The third kappa shape index (κ3) is 8.72. The van der Waals surface area contributed by atoms with Crippen molar-refractivity contribution in [3.63, 3.8) is 0 Å². The molecule has 37 heavy (non-hydrogen) atoms. The van der Waals surface area contributed by atoms with Crippen molar-refractivity contribution in [2.75, 3.05) is 32.8 Å². The van der Waals surface area contributed by atoms with E-state index in [1.165, 1.54) is 24.0 Å². The molecule has 0 radical (unpaired) electrons. The van der Waals surface area contributed by atoms with Crippen LogP contribution in [0.2, 0.25) is 0 Å². The highest BCUT2D eigenvalue weighted by Gasteiger charge is 2.39. The van der Waals surface area contributed by atoms with Crippen LogP contribution in [0, 0.1) is 17.6 Å². The van der Waals surface area contributed by atoms with Crippen LogP contribution in [0.4, 0.5) is 8.78 Å². The van der Waals surface area contributed by atoms with Crippen LogP contribution < -0.4 is 16.0 Å². The summed E-state index contributed by atoms with van der Waals surface area (Å²) in [6.07, 6.45) is 1.62. The molecule has 0 spiro atoms. The number of amides is 3. The summed E-state index contributed by atoms with van der Waals surface area (Å²) < 4.78 is 33.5. The van der Waals surface area contributed by atoms with E-state index < -0.39 is 29.7 Å². The summed E-state index contributed by atoms with van der Waals surface area (Å²) in [5, 5.41) is 19.9. The van der Waals surface area contributed by atoms with Crippen LogP contribution >= 0.6 is 0 Å². The van der Waals surface area contributed by atoms with Crippen LogP contribution in [-0.4, -0.2) is 84.8 Å². The second kappa shape index (κ2) is 13.8. The van der Waals surface area contributed by atoms with Crippen LogP contribution in [0.1, 0.15) is 45.1 Å². The monoisotopic (exact) mass is 524 g/mol. The third-order valence-electron chi connectivity index (χ3n) is 6.82. The molecule has 2 saturated heterocycles. The summed E-state index contributed by atoms with van der Waals surface area (Å²) >= 11 is 0. The molecule has 2 aliphatic heterocycles. The molecule has 1 aromatic carbocycles. The van der Waals surface area contributed by atoms with E-state index in [0.29, 0.717) is 25.1 Å². The molecule has 0 aromatic heterocycles. The molecule has 1 aromatic rings. The lowest BCUT2D eigenvalue weighted by atomic mass is 9.92. The molecule has 4 atom stereocenters. The molecule has 3 rings (SSSR count). The fraction of sp³-hybridized carbons (Fsp3) is 0.654. The van der Waals surface area contributed by atoms with Gasteiger partial charge in [0.1, 0.15) is 11.6 Å². The maximum absolute atomic E-state index is 13.8. The summed E-state index contributed by atoms with van der Waals surface area (Å²) in [6, 6.07) is 1.99. The standard InChI is InChI=1S/C26H38F2N4O5/c1-3-4-7-37-21-12-22(30-13-21)25(35)23(10-17-8-19(27)11-20(28)9-17)31-26(36)18-14-32(15-18)24(34)5-6-29-16(2)33/h8-9,11,18,21-23,25,30,35H,3-7,10,12-15H2,1-2H3,(H,29,33)(H,31,36)/t21-,22-,23+,25-/m1/s1. The molecule has 206 valence electrons. The molecule has 9 nitrogen and oxygen atoms in total. The average molecular weight is 525 g/mol. The number of ether oxygens (including phenoxy) is 1. The second-order valence-electron chi connectivity index (χ2n) is 9.91. The number of rotatable bonds is 13. The van der Waals surface area contributed by atoms with Crippen molar-refractivity contribution in [2.45, 2.75) is 70.2 Å². The van der Waals surface area contributed by atoms with Gasteiger partial charge in [0.15, 0.2) is 0 Å². The zero-order chi connectivity index (χ0) is 26.9. The topological polar surface area (TPSA) is 120 Å². The first-order chi connectivity index (χ1) is 17.7. The van der Waals surface area contributed by atoms with Crippen LogP contribution in [0.5, 0.6) is 0 Å². The summed E-state index contributed by atoms with van der Waals surface area (Å²) in [6.45, 7) is 5.35. The minimum atomic E-state index is -1.02. The quantitative estimate of drug-likeness (QED) is 0.285. The van der Waals surface area contributed by atoms with Crippen molar-refractivity contribution in [3.05, 3.63) is 35.4 Å². The molecule has 0 saturated carbocycles. The number of halogens is 2. The van der Waals surface area contributed by atoms with Gasteiger partial charge in [0.25, 0.3) is 0 Å². The summed E-state index contributed by atoms with van der Waals surface area (Å²) in [7, 11) is 0. The zero-order valence-corrected chi connectivity index (χ0v) is 21.5. The minimum absolute atomic E-state index is 0.0349. The predicted octanol–water partition coefficient (Wildman–Crippen LogP) is 0.885. The number of hydrogen-bond acceptors (Lipinski definition) is 6. The number of likely N-dealkylation sites (tertiary alicyclic amines) is 1. The second-order valence-corrected chi connectivity index (χ2v) is 9.91. The Morgan fingerprint density at radius 1 is 1.22 bits per heavy atom. The van der Waals surface area contributed by atoms with Gasteiger partial charge < -0.3 is 30.7 Å². The van der Waals surface area contributed by atoms with Crippen molar-refractivity contribution in [2.24, 2.45) is 5.92 Å². The Balaban J connectivity index is 1.59. The van der Waals surface area contributed by atoms with Gasteiger partial charge in [0.2, 0.25) is 17.7 Å². The Morgan fingerprint density at radius 3 is 2.57 bits per heavy atom. The van der Waals surface area contributed by atoms with Gasteiger partial charge in [-0.15, -0.1) is 0 Å². The van der Waals surface area contributed by atoms with Gasteiger partial charge in [0.05, 0.1) is 24.2 Å². The number of aliphatic hydroxyl groups is 1. The van der Waals surface area contributed by atoms with Gasteiger partial charge >= 0.3 is 0 Å². The first-order valence-electron chi connectivity index (χ1n) is 13.0. The molecular weight excluding hydrogens is 486 g/mol. The Kier molecular flexibility index (Phi) is 10.8. The number of carbonyl (C=O) groups excluding carboxylic acids is 3. The molecule has 3 amide bonds. The first kappa shape index (κ1) is 28.9. The fourth-order valence-electron chi connectivity index (χ4n) is 4.69. The Morgan fingerprint density at radius 2 is 1.92 bits per heavy atom. The van der Waals surface area contributed by atoms with Gasteiger partial charge in [-0.2, -0.15) is 0 Å². The number of benzene rings is 1. The zero-order valence-electron chi connectivity index (χ0n) is 21.5. The van der Waals surface area contributed by atoms with Gasteiger partial charge in [-0.25, -0.2) is 8.78 Å². The fourth-order valence-corrected chi connectivity index (χ4v) is 4.69. The van der Waals surface area contributed by atoms with E-state index in [0.717, 1.165) is 18.9 Å². The Labute approximate surface area is 216 Å². The van der Waals surface area contributed by atoms with Gasteiger partial charge in [0, 0.05) is 58.2 Å². The highest BCUT2D eigenvalue weighted by Crippen LogP contribution is 2.21. The van der Waals surface area contributed by atoms with E-state index in [1.54, 1.807) is 0 Å². The van der Waals surface area contributed by atoms with E-state index in [1.807, 2.05) is 0 Å². The highest BCUT2D eigenvalue weighted by molar-refractivity contribution is 5.85. The number of hydrogen-bond donors (Lipinski definition) is 4. The molecule has 11 heteroatoms. The molecule has 0 aliphatic carbocycles. The van der Waals surface area contributed by atoms with Crippen molar-refractivity contribution in [1.29, 1.82) is 0 Å². The van der Waals surface area contributed by atoms with E-state index >= 15 is 0 Å². The maximum Gasteiger partial charge on any atom is 0.227 e. The summed E-state index contributed by atoms with van der Waals surface area (Å²) in [5.41, 5.74) is 0.318. The lowest BCUT2D eigenvalue weighted by molar-refractivity contribution is -0.143. The smallest absolute Gasteiger partial charge is 0.227 e. The lowest BCUT2D eigenvalue weighted by Gasteiger charge is -2.39. The average Bonchev–Trinajstić information content (AvgIpc) is 3.25. The SMILES string of the molecule is CCCCO[C@H]1CN[C@@H]([C@@H](O)[C@H](Cc2cc(F)cc(F)c2)NC(=O)C2CN(C(=O)CCNC(C)=O)C2)C1. The lowest BCUT2D eigenvalue weighted by Crippen LogP contribution is -2.60. The van der Waals surface area contributed by atoms with Crippen molar-refractivity contribution < 1.29 is 33.0 Å². The van der Waals surface area contributed by atoms with Crippen LogP contribution in [0.3, 0.4) is 0 Å².